The predicted molar refractivity (Wildman–Crippen MR) is 122 cm³/mol. The first-order chi connectivity index (χ1) is 12.1. The van der Waals surface area contributed by atoms with E-state index in [-0.39, 0.29) is 5.41 Å². The first-order valence-corrected chi connectivity index (χ1v) is 12.0. The average Bonchev–Trinajstić information content (AvgIpc) is 2.98. The third kappa shape index (κ3) is 4.25. The second-order valence-electron chi connectivity index (χ2n) is 9.43. The van der Waals surface area contributed by atoms with Gasteiger partial charge in [0.1, 0.15) is 0 Å². The van der Waals surface area contributed by atoms with Gasteiger partial charge in [-0.1, -0.05) is 69.5 Å². The van der Waals surface area contributed by atoms with E-state index in [0.717, 1.165) is 0 Å². The highest BCUT2D eigenvalue weighted by Gasteiger charge is 2.28. The lowest BCUT2D eigenvalue weighted by atomic mass is 9.86. The molecule has 0 saturated heterocycles. The molecule has 1 aromatic rings. The standard InChI is InChI=1S/C25H40Si/c1-10-11-12-13-21-14-15-22(25(7,8)9)24(21)26-23-19(5)17(3)16(2)18(4)20(23)6/h14-15,21H,10-13,26H2,1-9H3. The molecule has 144 valence electrons. The van der Waals surface area contributed by atoms with Crippen molar-refractivity contribution in [2.45, 2.75) is 88.0 Å². The molecule has 0 saturated carbocycles. The Balaban J connectivity index is 2.46. The molecular weight excluding hydrogens is 328 g/mol. The Labute approximate surface area is 165 Å². The van der Waals surface area contributed by atoms with Crippen LogP contribution in [-0.4, -0.2) is 9.52 Å². The monoisotopic (exact) mass is 368 g/mol. The fourth-order valence-corrected chi connectivity index (χ4v) is 7.39. The molecule has 0 aliphatic heterocycles. The lowest BCUT2D eigenvalue weighted by Crippen LogP contribution is -2.29. The van der Waals surface area contributed by atoms with E-state index in [1.807, 2.05) is 5.20 Å². The largest absolute Gasteiger partial charge is 0.0843 e. The van der Waals surface area contributed by atoms with Crippen LogP contribution in [-0.2, 0) is 0 Å². The van der Waals surface area contributed by atoms with Crippen molar-refractivity contribution in [3.05, 3.63) is 50.7 Å². The number of unbranched alkanes of at least 4 members (excludes halogenated alkanes) is 2. The summed E-state index contributed by atoms with van der Waals surface area (Å²) in [5.74, 6) is 0.697. The Morgan fingerprint density at radius 2 is 1.38 bits per heavy atom. The number of allylic oxidation sites excluding steroid dienone is 4. The summed E-state index contributed by atoms with van der Waals surface area (Å²) in [4.78, 5) is 0. The van der Waals surface area contributed by atoms with Gasteiger partial charge in [-0.3, -0.25) is 0 Å². The van der Waals surface area contributed by atoms with Gasteiger partial charge in [0.2, 0.25) is 0 Å². The lowest BCUT2D eigenvalue weighted by Gasteiger charge is -2.26. The number of hydrogen-bond donors (Lipinski definition) is 0. The van der Waals surface area contributed by atoms with Crippen LogP contribution in [0.15, 0.2) is 22.9 Å². The van der Waals surface area contributed by atoms with Gasteiger partial charge in [0.25, 0.3) is 0 Å². The third-order valence-electron chi connectivity index (χ3n) is 6.74. The summed E-state index contributed by atoms with van der Waals surface area (Å²) in [6.07, 6.45) is 10.4. The van der Waals surface area contributed by atoms with Gasteiger partial charge in [-0.05, 0) is 85.8 Å². The van der Waals surface area contributed by atoms with E-state index in [1.165, 1.54) is 42.4 Å². The van der Waals surface area contributed by atoms with Gasteiger partial charge in [0, 0.05) is 0 Å². The summed E-state index contributed by atoms with van der Waals surface area (Å²) < 4.78 is 0. The van der Waals surface area contributed by atoms with Crippen LogP contribution >= 0.6 is 0 Å². The topological polar surface area (TPSA) is 0 Å². The Kier molecular flexibility index (Phi) is 6.77. The first-order valence-electron chi connectivity index (χ1n) is 10.6. The molecule has 1 aromatic carbocycles. The highest BCUT2D eigenvalue weighted by Crippen LogP contribution is 2.39. The molecule has 1 heteroatoms. The lowest BCUT2D eigenvalue weighted by molar-refractivity contribution is 0.511. The van der Waals surface area contributed by atoms with E-state index >= 15 is 0 Å². The van der Waals surface area contributed by atoms with Crippen molar-refractivity contribution in [1.82, 2.24) is 0 Å². The Bertz CT molecular complexity index is 696. The van der Waals surface area contributed by atoms with E-state index in [0.29, 0.717) is 5.92 Å². The van der Waals surface area contributed by atoms with Crippen molar-refractivity contribution in [3.8, 4) is 0 Å². The maximum absolute atomic E-state index is 2.52. The molecule has 1 aliphatic carbocycles. The molecule has 0 heterocycles. The molecule has 0 fully saturated rings. The van der Waals surface area contributed by atoms with Gasteiger partial charge in [-0.15, -0.1) is 0 Å². The molecule has 0 amide bonds. The number of hydrogen-bond acceptors (Lipinski definition) is 0. The fourth-order valence-electron chi connectivity index (χ4n) is 4.51. The Morgan fingerprint density at radius 1 is 0.846 bits per heavy atom. The van der Waals surface area contributed by atoms with Crippen LogP contribution in [0, 0.1) is 46.0 Å². The van der Waals surface area contributed by atoms with Crippen LogP contribution in [0.1, 0.15) is 81.2 Å². The normalized spacial score (nSPS) is 18.0. The van der Waals surface area contributed by atoms with Gasteiger partial charge in [-0.2, -0.15) is 0 Å². The van der Waals surface area contributed by atoms with Crippen molar-refractivity contribution >= 4 is 14.7 Å². The second-order valence-corrected chi connectivity index (χ2v) is 11.3. The zero-order chi connectivity index (χ0) is 19.6. The summed E-state index contributed by atoms with van der Waals surface area (Å²) >= 11 is 0. The van der Waals surface area contributed by atoms with Crippen LogP contribution < -0.4 is 5.19 Å². The highest BCUT2D eigenvalue weighted by atomic mass is 28.2. The van der Waals surface area contributed by atoms with Gasteiger partial charge < -0.3 is 0 Å². The zero-order valence-corrected chi connectivity index (χ0v) is 20.2. The zero-order valence-electron chi connectivity index (χ0n) is 18.8. The summed E-state index contributed by atoms with van der Waals surface area (Å²) in [5.41, 5.74) is 9.56. The summed E-state index contributed by atoms with van der Waals surface area (Å²) in [5, 5.41) is 3.54. The average molecular weight is 369 g/mol. The number of rotatable bonds is 6. The molecule has 0 spiro atoms. The van der Waals surface area contributed by atoms with E-state index in [2.05, 4.69) is 74.5 Å². The quantitative estimate of drug-likeness (QED) is 0.421. The minimum absolute atomic E-state index is 0.259. The molecule has 0 nitrogen and oxygen atoms in total. The molecule has 26 heavy (non-hydrogen) atoms. The van der Waals surface area contributed by atoms with E-state index in [4.69, 9.17) is 0 Å². The van der Waals surface area contributed by atoms with Crippen molar-refractivity contribution in [1.29, 1.82) is 0 Å². The molecule has 0 radical (unpaired) electrons. The minimum Gasteiger partial charge on any atom is -0.0774 e. The van der Waals surface area contributed by atoms with Crippen molar-refractivity contribution in [2.24, 2.45) is 11.3 Å². The molecule has 1 atom stereocenters. The smallest absolute Gasteiger partial charge is 0.0774 e. The molecule has 0 aromatic heterocycles. The van der Waals surface area contributed by atoms with Crippen LogP contribution in [0.5, 0.6) is 0 Å². The Hall–Kier alpha value is -1.08. The van der Waals surface area contributed by atoms with Crippen LogP contribution in [0.2, 0.25) is 0 Å². The maximum Gasteiger partial charge on any atom is 0.0843 e. The van der Waals surface area contributed by atoms with Gasteiger partial charge >= 0.3 is 0 Å². The van der Waals surface area contributed by atoms with Crippen LogP contribution in [0.3, 0.4) is 0 Å². The molecule has 2 rings (SSSR count). The molecule has 1 unspecified atom stereocenters. The van der Waals surface area contributed by atoms with Crippen LogP contribution in [0.4, 0.5) is 0 Å². The first kappa shape index (κ1) is 21.2. The fraction of sp³-hybridized carbons (Fsp3) is 0.600. The summed E-state index contributed by atoms with van der Waals surface area (Å²) in [7, 11) is -0.443. The van der Waals surface area contributed by atoms with Gasteiger partial charge in [0.15, 0.2) is 0 Å². The van der Waals surface area contributed by atoms with Crippen LogP contribution in [0.25, 0.3) is 0 Å². The third-order valence-corrected chi connectivity index (χ3v) is 9.44. The summed E-state index contributed by atoms with van der Waals surface area (Å²) in [6.45, 7) is 21.1. The maximum atomic E-state index is 2.52. The van der Waals surface area contributed by atoms with E-state index in [1.54, 1.807) is 21.9 Å². The Morgan fingerprint density at radius 3 is 1.88 bits per heavy atom. The van der Waals surface area contributed by atoms with Crippen molar-refractivity contribution in [3.63, 3.8) is 0 Å². The van der Waals surface area contributed by atoms with Crippen molar-refractivity contribution < 1.29 is 0 Å². The SMILES string of the molecule is CCCCCC1C=CC(C(C)(C)C)=C1[SiH2]c1c(C)c(C)c(C)c(C)c1C. The second kappa shape index (κ2) is 8.29. The van der Waals surface area contributed by atoms with Crippen molar-refractivity contribution in [2.75, 3.05) is 0 Å². The highest BCUT2D eigenvalue weighted by molar-refractivity contribution is 6.62. The molecule has 0 bridgehead atoms. The summed E-state index contributed by atoms with van der Waals surface area (Å²) in [6, 6.07) is 0. The number of benzene rings is 1. The van der Waals surface area contributed by atoms with Gasteiger partial charge in [0.05, 0.1) is 9.52 Å². The molecule has 0 N–H and O–H groups in total. The molecule has 1 aliphatic rings. The van der Waals surface area contributed by atoms with Gasteiger partial charge in [-0.25, -0.2) is 0 Å². The van der Waals surface area contributed by atoms with E-state index < -0.39 is 9.52 Å². The molecular formula is C25H40Si. The minimum atomic E-state index is -0.443. The predicted octanol–water partition coefficient (Wildman–Crippen LogP) is 6.09. The van der Waals surface area contributed by atoms with E-state index in [9.17, 15) is 0 Å².